The van der Waals surface area contributed by atoms with Crippen LogP contribution in [0.3, 0.4) is 0 Å². The molecule has 0 spiro atoms. The predicted octanol–water partition coefficient (Wildman–Crippen LogP) is 7.29. The van der Waals surface area contributed by atoms with Gasteiger partial charge in [0.1, 0.15) is 18.0 Å². The van der Waals surface area contributed by atoms with E-state index in [-0.39, 0.29) is 18.7 Å². The molecule has 41 heavy (non-hydrogen) atoms. The van der Waals surface area contributed by atoms with E-state index in [1.807, 2.05) is 18.2 Å². The van der Waals surface area contributed by atoms with E-state index < -0.39 is 17.5 Å². The minimum Gasteiger partial charge on any atom is -0.327 e. The molecule has 0 aliphatic carbocycles. The molecule has 5 rings (SSSR count). The smallest absolute Gasteiger partial charge is 0.254 e. The van der Waals surface area contributed by atoms with Crippen molar-refractivity contribution in [3.63, 3.8) is 0 Å². The Morgan fingerprint density at radius 2 is 1.66 bits per heavy atom. The number of nitrogens with zero attached hydrogens (tertiary/aromatic N) is 5. The number of hydrogen-bond donors (Lipinski definition) is 0. The maximum atomic E-state index is 14.7. The molecule has 0 aliphatic rings. The molecule has 6 nitrogen and oxygen atoms in total. The molecule has 0 saturated carbocycles. The highest BCUT2D eigenvalue weighted by molar-refractivity contribution is 6.35. The number of hydrogen-bond acceptors (Lipinski definition) is 4. The molecule has 1 amide bonds. The molecule has 0 aliphatic heterocycles. The zero-order valence-electron chi connectivity index (χ0n) is 21.4. The van der Waals surface area contributed by atoms with Gasteiger partial charge in [-0.25, -0.2) is 8.78 Å². The Morgan fingerprint density at radius 3 is 2.37 bits per heavy atom. The molecule has 0 N–H and O–H groups in total. The van der Waals surface area contributed by atoms with Gasteiger partial charge in [0, 0.05) is 33.8 Å². The van der Waals surface area contributed by atoms with Gasteiger partial charge in [0.15, 0.2) is 5.82 Å². The van der Waals surface area contributed by atoms with Crippen LogP contribution in [0.4, 0.5) is 8.78 Å². The fourth-order valence-electron chi connectivity index (χ4n) is 4.38. The van der Waals surface area contributed by atoms with Crippen molar-refractivity contribution in [2.45, 2.75) is 19.6 Å². The summed E-state index contributed by atoms with van der Waals surface area (Å²) in [6.07, 6.45) is 1.54. The van der Waals surface area contributed by atoms with Gasteiger partial charge < -0.3 is 9.47 Å². The van der Waals surface area contributed by atoms with Crippen molar-refractivity contribution in [3.05, 3.63) is 141 Å². The highest BCUT2D eigenvalue weighted by atomic mass is 35.5. The van der Waals surface area contributed by atoms with E-state index in [9.17, 15) is 13.6 Å². The predicted molar refractivity (Wildman–Crippen MR) is 152 cm³/mol. The molecule has 0 bridgehead atoms. The highest BCUT2D eigenvalue weighted by Crippen LogP contribution is 2.28. The lowest BCUT2D eigenvalue weighted by atomic mass is 10.0. The summed E-state index contributed by atoms with van der Waals surface area (Å²) in [4.78, 5) is 15.3. The second-order valence-corrected chi connectivity index (χ2v) is 10.2. The van der Waals surface area contributed by atoms with Crippen molar-refractivity contribution in [2.75, 3.05) is 0 Å². The first-order valence-electron chi connectivity index (χ1n) is 12.4. The Labute approximate surface area is 245 Å². The van der Waals surface area contributed by atoms with Crippen LogP contribution >= 0.6 is 23.2 Å². The van der Waals surface area contributed by atoms with Gasteiger partial charge >= 0.3 is 0 Å². The van der Waals surface area contributed by atoms with Crippen LogP contribution in [0.15, 0.2) is 91.3 Å². The van der Waals surface area contributed by atoms with E-state index in [1.165, 1.54) is 17.3 Å². The van der Waals surface area contributed by atoms with E-state index >= 15 is 0 Å². The number of rotatable bonds is 8. The van der Waals surface area contributed by atoms with Crippen molar-refractivity contribution in [2.24, 2.45) is 0 Å². The van der Waals surface area contributed by atoms with Crippen molar-refractivity contribution in [1.29, 1.82) is 5.26 Å². The molecule has 0 fully saturated rings. The monoisotopic (exact) mass is 587 g/mol. The van der Waals surface area contributed by atoms with Crippen molar-refractivity contribution in [1.82, 2.24) is 19.7 Å². The number of nitriles is 1. The van der Waals surface area contributed by atoms with Crippen molar-refractivity contribution in [3.8, 4) is 17.2 Å². The van der Waals surface area contributed by atoms with E-state index in [1.54, 1.807) is 53.1 Å². The Bertz CT molecular complexity index is 1750. The van der Waals surface area contributed by atoms with Crippen molar-refractivity contribution >= 4 is 29.1 Å². The average Bonchev–Trinajstić information content (AvgIpc) is 3.39. The third-order valence-corrected chi connectivity index (χ3v) is 6.87. The normalized spacial score (nSPS) is 10.8. The third kappa shape index (κ3) is 6.77. The summed E-state index contributed by atoms with van der Waals surface area (Å²) in [7, 11) is 0. The zero-order chi connectivity index (χ0) is 28.9. The molecule has 5 aromatic rings. The number of aromatic nitrogens is 3. The van der Waals surface area contributed by atoms with Crippen LogP contribution < -0.4 is 0 Å². The van der Waals surface area contributed by atoms with Crippen LogP contribution in [-0.4, -0.2) is 25.6 Å². The van der Waals surface area contributed by atoms with Crippen LogP contribution in [-0.2, 0) is 19.6 Å². The standard InChI is InChI=1S/C31H21Cl2F2N5O/c32-26-11-25(12-27(33)13-26)22-2-1-3-23(10-22)31(41)39(17-24-8-9-28(34)14-29(24)35)18-30-38-37-19-40(30)16-21-6-4-20(15-36)5-7-21/h1-14,19H,16-18H2. The first kappa shape index (κ1) is 28.0. The number of carbonyl (C=O) groups is 1. The van der Waals surface area contributed by atoms with Gasteiger partial charge in [0.25, 0.3) is 5.91 Å². The Hall–Kier alpha value is -4.58. The number of halogens is 4. The fourth-order valence-corrected chi connectivity index (χ4v) is 4.90. The van der Waals surface area contributed by atoms with E-state index in [2.05, 4.69) is 16.3 Å². The van der Waals surface area contributed by atoms with Gasteiger partial charge in [0.2, 0.25) is 0 Å². The summed E-state index contributed by atoms with van der Waals surface area (Å²) in [6.45, 7) is 0.257. The fraction of sp³-hybridized carbons (Fsp3) is 0.0968. The molecule has 1 aromatic heterocycles. The van der Waals surface area contributed by atoms with Gasteiger partial charge in [-0.05, 0) is 65.2 Å². The third-order valence-electron chi connectivity index (χ3n) is 6.43. The van der Waals surface area contributed by atoms with E-state index in [0.717, 1.165) is 28.8 Å². The van der Waals surface area contributed by atoms with Crippen LogP contribution in [0.5, 0.6) is 0 Å². The lowest BCUT2D eigenvalue weighted by Crippen LogP contribution is -2.32. The van der Waals surface area contributed by atoms with Crippen molar-refractivity contribution < 1.29 is 13.6 Å². The first-order chi connectivity index (χ1) is 19.8. The van der Waals surface area contributed by atoms with Gasteiger partial charge in [-0.1, -0.05) is 53.5 Å². The molecular weight excluding hydrogens is 567 g/mol. The summed E-state index contributed by atoms with van der Waals surface area (Å²) >= 11 is 12.4. The molecule has 0 unspecified atom stereocenters. The topological polar surface area (TPSA) is 74.8 Å². The summed E-state index contributed by atoms with van der Waals surface area (Å²) in [5, 5.41) is 18.2. The molecule has 0 atom stereocenters. The zero-order valence-corrected chi connectivity index (χ0v) is 22.9. The minimum absolute atomic E-state index is 0.000843. The number of benzene rings is 4. The Morgan fingerprint density at radius 1 is 0.902 bits per heavy atom. The molecule has 204 valence electrons. The molecule has 10 heteroatoms. The summed E-state index contributed by atoms with van der Waals surface area (Å²) in [5.41, 5.74) is 3.39. The van der Waals surface area contributed by atoms with Crippen LogP contribution in [0.1, 0.15) is 32.9 Å². The molecular formula is C31H21Cl2F2N5O. The van der Waals surface area contributed by atoms with Crippen LogP contribution in [0.25, 0.3) is 11.1 Å². The number of amides is 1. The summed E-state index contributed by atoms with van der Waals surface area (Å²) < 4.78 is 30.1. The maximum absolute atomic E-state index is 14.7. The largest absolute Gasteiger partial charge is 0.327 e. The average molecular weight is 588 g/mol. The molecule has 0 saturated heterocycles. The van der Waals surface area contributed by atoms with Gasteiger partial charge in [-0.15, -0.1) is 10.2 Å². The van der Waals surface area contributed by atoms with E-state index in [0.29, 0.717) is 33.5 Å². The second kappa shape index (κ2) is 12.3. The summed E-state index contributed by atoms with van der Waals surface area (Å²) in [5.74, 6) is -1.40. The van der Waals surface area contributed by atoms with Gasteiger partial charge in [-0.3, -0.25) is 4.79 Å². The quantitative estimate of drug-likeness (QED) is 0.191. The Kier molecular flexibility index (Phi) is 8.39. The van der Waals surface area contributed by atoms with Gasteiger partial charge in [0.05, 0.1) is 24.7 Å². The Balaban J connectivity index is 1.47. The molecule has 4 aromatic carbocycles. The lowest BCUT2D eigenvalue weighted by Gasteiger charge is -2.23. The minimum atomic E-state index is -0.760. The summed E-state index contributed by atoms with van der Waals surface area (Å²) in [6, 6.07) is 24.5. The van der Waals surface area contributed by atoms with Crippen LogP contribution in [0.2, 0.25) is 10.0 Å². The van der Waals surface area contributed by atoms with E-state index in [4.69, 9.17) is 28.5 Å². The highest BCUT2D eigenvalue weighted by Gasteiger charge is 2.22. The van der Waals surface area contributed by atoms with Crippen LogP contribution in [0, 0.1) is 23.0 Å². The second-order valence-electron chi connectivity index (χ2n) is 9.32. The van der Waals surface area contributed by atoms with Gasteiger partial charge in [-0.2, -0.15) is 5.26 Å². The SMILES string of the molecule is N#Cc1ccc(Cn2cnnc2CN(Cc2ccc(F)cc2F)C(=O)c2cccc(-c3cc(Cl)cc(Cl)c3)c2)cc1. The first-order valence-corrected chi connectivity index (χ1v) is 13.2. The lowest BCUT2D eigenvalue weighted by molar-refractivity contribution is 0.0722. The maximum Gasteiger partial charge on any atom is 0.254 e. The number of carbonyl (C=O) groups excluding carboxylic acids is 1. The molecule has 1 heterocycles. The molecule has 0 radical (unpaired) electrons.